The van der Waals surface area contributed by atoms with Crippen LogP contribution < -0.4 is 10.6 Å². The summed E-state index contributed by atoms with van der Waals surface area (Å²) in [5, 5.41) is 22.6. The number of aromatic hydroxyl groups is 1. The zero-order valence-electron chi connectivity index (χ0n) is 12.4. The molecule has 0 saturated heterocycles. The fraction of sp³-hybridized carbons (Fsp3) is 0. The molecule has 120 valence electrons. The summed E-state index contributed by atoms with van der Waals surface area (Å²) in [6.07, 6.45) is 0. The van der Waals surface area contributed by atoms with E-state index in [0.29, 0.717) is 5.69 Å². The van der Waals surface area contributed by atoms with Crippen molar-refractivity contribution in [1.29, 1.82) is 0 Å². The second-order valence-corrected chi connectivity index (χ2v) is 5.10. The summed E-state index contributed by atoms with van der Waals surface area (Å²) in [6, 6.07) is 15.4. The molecular weight excluding hydrogens is 310 g/mol. The number of benzene rings is 3. The van der Waals surface area contributed by atoms with E-state index in [9.17, 15) is 20.0 Å². The molecule has 0 atom stereocenters. The Hall–Kier alpha value is -3.61. The molecule has 0 fully saturated rings. The molecule has 0 heterocycles. The lowest BCUT2D eigenvalue weighted by Gasteiger charge is -2.23. The first-order valence-electron chi connectivity index (χ1n) is 7.04. The highest BCUT2D eigenvalue weighted by Crippen LogP contribution is 2.38. The molecule has 0 aromatic heterocycles. The van der Waals surface area contributed by atoms with Gasteiger partial charge in [-0.15, -0.1) is 0 Å². The van der Waals surface area contributed by atoms with E-state index < -0.39 is 16.7 Å². The number of urea groups is 1. The van der Waals surface area contributed by atoms with Crippen molar-refractivity contribution in [3.8, 4) is 5.75 Å². The molecule has 3 N–H and O–H groups in total. The van der Waals surface area contributed by atoms with E-state index in [1.54, 1.807) is 12.1 Å². The predicted octanol–water partition coefficient (Wildman–Crippen LogP) is 3.67. The fourth-order valence-electron chi connectivity index (χ4n) is 2.58. The number of hydrogen-bond donors (Lipinski definition) is 2. The van der Waals surface area contributed by atoms with Gasteiger partial charge in [0.15, 0.2) is 0 Å². The van der Waals surface area contributed by atoms with Crippen molar-refractivity contribution in [3.05, 3.63) is 70.8 Å². The van der Waals surface area contributed by atoms with Gasteiger partial charge in [-0.05, 0) is 17.5 Å². The van der Waals surface area contributed by atoms with Gasteiger partial charge in [-0.2, -0.15) is 0 Å². The van der Waals surface area contributed by atoms with Crippen molar-refractivity contribution in [2.75, 3.05) is 4.90 Å². The van der Waals surface area contributed by atoms with Crippen LogP contribution in [-0.2, 0) is 0 Å². The van der Waals surface area contributed by atoms with Gasteiger partial charge in [0.2, 0.25) is 0 Å². The zero-order valence-corrected chi connectivity index (χ0v) is 12.4. The summed E-state index contributed by atoms with van der Waals surface area (Å²) in [6.45, 7) is 0. The van der Waals surface area contributed by atoms with Crippen LogP contribution in [0.4, 0.5) is 21.9 Å². The molecule has 0 bridgehead atoms. The minimum absolute atomic E-state index is 0.0736. The molecule has 3 rings (SSSR count). The van der Waals surface area contributed by atoms with Gasteiger partial charge >= 0.3 is 6.03 Å². The van der Waals surface area contributed by atoms with Gasteiger partial charge in [0.05, 0.1) is 22.4 Å². The van der Waals surface area contributed by atoms with E-state index >= 15 is 0 Å². The predicted molar refractivity (Wildman–Crippen MR) is 90.4 cm³/mol. The number of primary amides is 1. The molecule has 7 heteroatoms. The number of nitro benzene ring substituents is 1. The van der Waals surface area contributed by atoms with Crippen LogP contribution in [0.2, 0.25) is 0 Å². The maximum absolute atomic E-state index is 12.0. The number of phenolic OH excluding ortho intramolecular Hbond substituents is 1. The lowest BCUT2D eigenvalue weighted by molar-refractivity contribution is -0.384. The van der Waals surface area contributed by atoms with Crippen LogP contribution in [0.1, 0.15) is 0 Å². The summed E-state index contributed by atoms with van der Waals surface area (Å²) in [4.78, 5) is 23.3. The fourth-order valence-corrected chi connectivity index (χ4v) is 2.58. The topological polar surface area (TPSA) is 110 Å². The molecule has 0 aliphatic heterocycles. The Morgan fingerprint density at radius 1 is 1.04 bits per heavy atom. The maximum atomic E-state index is 12.0. The molecule has 2 amide bonds. The minimum atomic E-state index is -0.810. The number of nitro groups is 1. The first-order chi connectivity index (χ1) is 11.5. The number of phenols is 1. The quantitative estimate of drug-likeness (QED) is 0.566. The third-order valence-electron chi connectivity index (χ3n) is 3.64. The van der Waals surface area contributed by atoms with E-state index in [1.165, 1.54) is 12.1 Å². The van der Waals surface area contributed by atoms with Crippen LogP contribution in [0.3, 0.4) is 0 Å². The first kappa shape index (κ1) is 15.3. The summed E-state index contributed by atoms with van der Waals surface area (Å²) in [7, 11) is 0. The van der Waals surface area contributed by atoms with Crippen LogP contribution in [0.15, 0.2) is 60.7 Å². The Morgan fingerprint density at radius 3 is 2.42 bits per heavy atom. The van der Waals surface area contributed by atoms with Gasteiger partial charge in [0, 0.05) is 11.5 Å². The highest BCUT2D eigenvalue weighted by Gasteiger charge is 2.22. The molecule has 7 nitrogen and oxygen atoms in total. The number of rotatable bonds is 3. The van der Waals surface area contributed by atoms with Crippen LogP contribution in [-0.4, -0.2) is 16.1 Å². The maximum Gasteiger partial charge on any atom is 0.324 e. The number of non-ortho nitro benzene ring substituents is 1. The molecule has 0 saturated carbocycles. The van der Waals surface area contributed by atoms with Gasteiger partial charge in [-0.1, -0.05) is 36.4 Å². The number of nitrogens with zero attached hydrogens (tertiary/aromatic N) is 2. The molecule has 0 unspecified atom stereocenters. The van der Waals surface area contributed by atoms with Crippen molar-refractivity contribution in [2.24, 2.45) is 5.73 Å². The number of anilines is 2. The van der Waals surface area contributed by atoms with Crippen LogP contribution in [0.25, 0.3) is 10.8 Å². The van der Waals surface area contributed by atoms with Gasteiger partial charge in [0.25, 0.3) is 5.69 Å². The molecule has 24 heavy (non-hydrogen) atoms. The monoisotopic (exact) mass is 323 g/mol. The Morgan fingerprint density at radius 2 is 1.75 bits per heavy atom. The van der Waals surface area contributed by atoms with Crippen LogP contribution in [0, 0.1) is 10.1 Å². The minimum Gasteiger partial charge on any atom is -0.505 e. The van der Waals surface area contributed by atoms with Crippen molar-refractivity contribution < 1.29 is 14.8 Å². The van der Waals surface area contributed by atoms with Crippen LogP contribution >= 0.6 is 0 Å². The lowest BCUT2D eigenvalue weighted by atomic mass is 10.1. The second-order valence-electron chi connectivity index (χ2n) is 5.10. The highest BCUT2D eigenvalue weighted by atomic mass is 16.6. The van der Waals surface area contributed by atoms with E-state index in [-0.39, 0.29) is 11.4 Å². The van der Waals surface area contributed by atoms with Crippen molar-refractivity contribution >= 4 is 33.9 Å². The molecule has 0 aliphatic rings. The molecule has 0 radical (unpaired) electrons. The lowest BCUT2D eigenvalue weighted by Crippen LogP contribution is -2.31. The second kappa shape index (κ2) is 5.88. The number of amides is 2. The summed E-state index contributed by atoms with van der Waals surface area (Å²) in [5.41, 5.74) is 5.77. The van der Waals surface area contributed by atoms with Crippen molar-refractivity contribution in [1.82, 2.24) is 0 Å². The average molecular weight is 323 g/mol. The van der Waals surface area contributed by atoms with Gasteiger partial charge < -0.3 is 10.8 Å². The third kappa shape index (κ3) is 2.58. The Bertz CT molecular complexity index is 950. The number of carbonyl (C=O) groups is 1. The molecule has 0 spiro atoms. The highest BCUT2D eigenvalue weighted by molar-refractivity contribution is 6.08. The third-order valence-corrected chi connectivity index (χ3v) is 3.64. The van der Waals surface area contributed by atoms with Gasteiger partial charge in [-0.3, -0.25) is 15.0 Å². The van der Waals surface area contributed by atoms with E-state index in [1.807, 2.05) is 30.3 Å². The number of hydrogen-bond acceptors (Lipinski definition) is 4. The smallest absolute Gasteiger partial charge is 0.324 e. The number of carbonyl (C=O) groups excluding carboxylic acids is 1. The largest absolute Gasteiger partial charge is 0.505 e. The zero-order chi connectivity index (χ0) is 17.3. The van der Waals surface area contributed by atoms with Crippen molar-refractivity contribution in [2.45, 2.75) is 0 Å². The first-order valence-corrected chi connectivity index (χ1v) is 7.04. The van der Waals surface area contributed by atoms with Crippen molar-refractivity contribution in [3.63, 3.8) is 0 Å². The standard InChI is InChI=1S/C17H13N3O4/c18-17(22)19(15-9-8-12(20(23)24)10-16(15)21)14-7-3-5-11-4-1-2-6-13(11)14/h1-10,21H,(H2,18,22). The van der Waals surface area contributed by atoms with Gasteiger partial charge in [0.1, 0.15) is 5.75 Å². The van der Waals surface area contributed by atoms with Crippen LogP contribution in [0.5, 0.6) is 5.75 Å². The molecular formula is C17H13N3O4. The molecule has 3 aromatic carbocycles. The summed E-state index contributed by atoms with van der Waals surface area (Å²) < 4.78 is 0. The molecule has 0 aliphatic carbocycles. The summed E-state index contributed by atoms with van der Waals surface area (Å²) in [5.74, 6) is -0.407. The number of nitrogens with two attached hydrogens (primary N) is 1. The SMILES string of the molecule is NC(=O)N(c1ccc([N+](=O)[O-])cc1O)c1cccc2ccccc12. The molecule has 3 aromatic rings. The van der Waals surface area contributed by atoms with E-state index in [2.05, 4.69) is 0 Å². The van der Waals surface area contributed by atoms with E-state index in [4.69, 9.17) is 5.73 Å². The van der Waals surface area contributed by atoms with E-state index in [0.717, 1.165) is 21.7 Å². The normalized spacial score (nSPS) is 10.5. The summed E-state index contributed by atoms with van der Waals surface area (Å²) >= 11 is 0. The Balaban J connectivity index is 2.21. The number of fused-ring (bicyclic) bond motifs is 1. The Kier molecular flexibility index (Phi) is 3.75. The van der Waals surface area contributed by atoms with Gasteiger partial charge in [-0.25, -0.2) is 4.79 Å². The average Bonchev–Trinajstić information content (AvgIpc) is 2.56. The Labute approximate surface area is 136 Å².